The molecule has 4 saturated carbocycles. The first-order valence-corrected chi connectivity index (χ1v) is 17.4. The molecule has 9 atom stereocenters. The molecule has 236 valence electrons. The lowest BCUT2D eigenvalue weighted by molar-refractivity contribution is -0.176. The third-order valence-electron chi connectivity index (χ3n) is 14.9. The van der Waals surface area contributed by atoms with Crippen molar-refractivity contribution in [3.8, 4) is 0 Å². The summed E-state index contributed by atoms with van der Waals surface area (Å²) in [5.74, 6) is 2.14. The van der Waals surface area contributed by atoms with Gasteiger partial charge >= 0.3 is 0 Å². The normalized spacial score (nSPS) is 48.7. The van der Waals surface area contributed by atoms with E-state index in [0.29, 0.717) is 35.7 Å². The van der Waals surface area contributed by atoms with Crippen LogP contribution < -0.4 is 5.32 Å². The molecule has 0 aromatic rings. The number of fused-ring (bicyclic) bond motifs is 7. The van der Waals surface area contributed by atoms with Gasteiger partial charge in [-0.2, -0.15) is 0 Å². The molecular weight excluding hydrogens is 518 g/mol. The Morgan fingerprint density at radius 2 is 1.60 bits per heavy atom. The molecule has 0 spiro atoms. The zero-order valence-corrected chi connectivity index (χ0v) is 28.7. The van der Waals surface area contributed by atoms with E-state index in [9.17, 15) is 4.79 Å². The summed E-state index contributed by atoms with van der Waals surface area (Å²) in [5, 5.41) is 8.21. The van der Waals surface area contributed by atoms with Crippen LogP contribution in [-0.2, 0) is 9.63 Å². The van der Waals surface area contributed by atoms with Crippen molar-refractivity contribution in [3.05, 3.63) is 11.6 Å². The van der Waals surface area contributed by atoms with Crippen LogP contribution in [0.3, 0.4) is 0 Å². The van der Waals surface area contributed by atoms with Crippen molar-refractivity contribution in [1.82, 2.24) is 10.2 Å². The summed E-state index contributed by atoms with van der Waals surface area (Å²) >= 11 is 0. The van der Waals surface area contributed by atoms with E-state index in [1.54, 1.807) is 12.7 Å². The summed E-state index contributed by atoms with van der Waals surface area (Å²) < 4.78 is 0. The Morgan fingerprint density at radius 1 is 0.929 bits per heavy atom. The fraction of sp³-hybridized carbons (Fsp3) is 0.892. The van der Waals surface area contributed by atoms with E-state index in [4.69, 9.17) is 4.84 Å². The molecule has 1 heterocycles. The van der Waals surface area contributed by atoms with E-state index in [-0.39, 0.29) is 32.5 Å². The highest BCUT2D eigenvalue weighted by Gasteiger charge is 2.69. The van der Waals surface area contributed by atoms with Gasteiger partial charge in [-0.25, -0.2) is 0 Å². The van der Waals surface area contributed by atoms with Gasteiger partial charge in [-0.3, -0.25) is 4.79 Å². The standard InChI is InChI=1S/C37H61N3O2/c1-24-22-40(23-25(2)38-24)31(41)37-19-17-32(3,4)21-27(37)26-11-12-29-34(7)15-14-30(39-42-10)33(5,6)28(34)13-16-36(29,9)35(26,8)18-20-37/h11,24-25,27-29,38H,12-23H2,1-10H3/b39-30+/t24?,25?,27?,28?,29?,34-,35+,36+,37?/m0/s1. The highest BCUT2D eigenvalue weighted by Crippen LogP contribution is 2.75. The van der Waals surface area contributed by atoms with Crippen molar-refractivity contribution in [3.63, 3.8) is 0 Å². The third-order valence-corrected chi connectivity index (χ3v) is 14.9. The van der Waals surface area contributed by atoms with Crippen molar-refractivity contribution < 1.29 is 9.63 Å². The van der Waals surface area contributed by atoms with Crippen LogP contribution in [0.1, 0.15) is 127 Å². The molecule has 0 bridgehead atoms. The summed E-state index contributed by atoms with van der Waals surface area (Å²) in [6.07, 6.45) is 14.3. The Kier molecular flexibility index (Phi) is 7.17. The molecule has 6 rings (SSSR count). The molecule has 6 aliphatic rings. The Morgan fingerprint density at radius 3 is 2.26 bits per heavy atom. The average molecular weight is 580 g/mol. The molecule has 5 aliphatic carbocycles. The van der Waals surface area contributed by atoms with E-state index >= 15 is 0 Å². The van der Waals surface area contributed by atoms with Crippen LogP contribution in [0, 0.1) is 50.2 Å². The lowest BCUT2D eigenvalue weighted by atomic mass is 9.33. The quantitative estimate of drug-likeness (QED) is 0.266. The molecular formula is C37H61N3O2. The number of hydrogen-bond acceptors (Lipinski definition) is 4. The van der Waals surface area contributed by atoms with Gasteiger partial charge in [-0.05, 0) is 117 Å². The smallest absolute Gasteiger partial charge is 0.229 e. The van der Waals surface area contributed by atoms with Gasteiger partial charge in [0.1, 0.15) is 7.11 Å². The van der Waals surface area contributed by atoms with Gasteiger partial charge in [-0.1, -0.05) is 65.3 Å². The van der Waals surface area contributed by atoms with Gasteiger partial charge < -0.3 is 15.1 Å². The molecule has 1 aliphatic heterocycles. The van der Waals surface area contributed by atoms with Crippen LogP contribution in [0.5, 0.6) is 0 Å². The minimum Gasteiger partial charge on any atom is -0.399 e. The van der Waals surface area contributed by atoms with Crippen molar-refractivity contribution in [2.75, 3.05) is 20.2 Å². The number of hydrogen-bond donors (Lipinski definition) is 1. The molecule has 1 N–H and O–H groups in total. The molecule has 5 fully saturated rings. The van der Waals surface area contributed by atoms with Crippen LogP contribution in [0.2, 0.25) is 0 Å². The average Bonchev–Trinajstić information content (AvgIpc) is 2.89. The maximum atomic E-state index is 14.8. The van der Waals surface area contributed by atoms with E-state index < -0.39 is 0 Å². The first-order valence-electron chi connectivity index (χ1n) is 17.4. The van der Waals surface area contributed by atoms with E-state index in [0.717, 1.165) is 51.6 Å². The predicted octanol–water partition coefficient (Wildman–Crippen LogP) is 8.00. The number of carbonyl (C=O) groups is 1. The van der Waals surface area contributed by atoms with Crippen molar-refractivity contribution in [2.24, 2.45) is 55.4 Å². The fourth-order valence-electron chi connectivity index (χ4n) is 12.5. The number of piperazine rings is 1. The summed E-state index contributed by atoms with van der Waals surface area (Å²) in [6, 6.07) is 0.722. The van der Waals surface area contributed by atoms with Crippen molar-refractivity contribution in [1.29, 1.82) is 0 Å². The van der Waals surface area contributed by atoms with Crippen LogP contribution >= 0.6 is 0 Å². The monoisotopic (exact) mass is 579 g/mol. The number of allylic oxidation sites excluding steroid dienone is 2. The number of carbonyl (C=O) groups excluding carboxylic acids is 1. The summed E-state index contributed by atoms with van der Waals surface area (Å²) in [6.45, 7) is 23.9. The highest BCUT2D eigenvalue weighted by atomic mass is 16.6. The second-order valence-electron chi connectivity index (χ2n) is 18.0. The first kappa shape index (κ1) is 30.7. The maximum Gasteiger partial charge on any atom is 0.229 e. The molecule has 0 aromatic carbocycles. The number of amides is 1. The molecule has 5 heteroatoms. The number of rotatable bonds is 2. The van der Waals surface area contributed by atoms with Gasteiger partial charge in [0.05, 0.1) is 11.1 Å². The van der Waals surface area contributed by atoms with Gasteiger partial charge in [0.15, 0.2) is 0 Å². The molecule has 6 unspecified atom stereocenters. The van der Waals surface area contributed by atoms with Crippen LogP contribution in [0.15, 0.2) is 16.8 Å². The first-order chi connectivity index (χ1) is 19.5. The highest BCUT2D eigenvalue weighted by molar-refractivity contribution is 5.90. The van der Waals surface area contributed by atoms with Gasteiger partial charge in [0.25, 0.3) is 0 Å². The van der Waals surface area contributed by atoms with Gasteiger partial charge in [0.2, 0.25) is 5.91 Å². The number of nitrogens with zero attached hydrogens (tertiary/aromatic N) is 2. The zero-order chi connectivity index (χ0) is 30.5. The second-order valence-corrected chi connectivity index (χ2v) is 18.0. The Hall–Kier alpha value is -1.36. The zero-order valence-electron chi connectivity index (χ0n) is 28.7. The predicted molar refractivity (Wildman–Crippen MR) is 172 cm³/mol. The van der Waals surface area contributed by atoms with Crippen LogP contribution in [0.25, 0.3) is 0 Å². The Labute approximate surface area is 257 Å². The molecule has 1 saturated heterocycles. The Bertz CT molecular complexity index is 1160. The second kappa shape index (κ2) is 9.82. The molecule has 5 nitrogen and oxygen atoms in total. The van der Waals surface area contributed by atoms with Crippen molar-refractivity contribution >= 4 is 11.6 Å². The van der Waals surface area contributed by atoms with Crippen LogP contribution in [-0.4, -0.2) is 48.8 Å². The minimum atomic E-state index is -0.222. The number of oxime groups is 1. The molecule has 1 amide bonds. The molecule has 42 heavy (non-hydrogen) atoms. The SMILES string of the molecule is CO/N=C1\CC[C@@]2(C)C(CC[C@]3(C)C2CC=C2C4CC(C)(C)CCC4(C(=O)N4CC(C)NC(C)C4)CC[C@]23C)C1(C)C. The van der Waals surface area contributed by atoms with E-state index in [1.807, 2.05) is 0 Å². The fourth-order valence-corrected chi connectivity index (χ4v) is 12.5. The van der Waals surface area contributed by atoms with E-state index in [2.05, 4.69) is 83.8 Å². The summed E-state index contributed by atoms with van der Waals surface area (Å²) in [7, 11) is 1.70. The topological polar surface area (TPSA) is 53.9 Å². The minimum absolute atomic E-state index is 0.0638. The largest absolute Gasteiger partial charge is 0.399 e. The third kappa shape index (κ3) is 4.17. The van der Waals surface area contributed by atoms with Crippen LogP contribution in [0.4, 0.5) is 0 Å². The van der Waals surface area contributed by atoms with Gasteiger partial charge in [0, 0.05) is 30.6 Å². The summed E-state index contributed by atoms with van der Waals surface area (Å²) in [4.78, 5) is 22.4. The van der Waals surface area contributed by atoms with Crippen molar-refractivity contribution in [2.45, 2.75) is 139 Å². The maximum absolute atomic E-state index is 14.8. The van der Waals surface area contributed by atoms with Gasteiger partial charge in [-0.15, -0.1) is 0 Å². The molecule has 0 radical (unpaired) electrons. The van der Waals surface area contributed by atoms with E-state index in [1.165, 1.54) is 31.4 Å². The number of nitrogens with one attached hydrogen (secondary N) is 1. The summed E-state index contributed by atoms with van der Waals surface area (Å²) in [5.41, 5.74) is 3.76. The lowest BCUT2D eigenvalue weighted by Gasteiger charge is -2.71. The lowest BCUT2D eigenvalue weighted by Crippen LogP contribution is -2.66. The molecule has 0 aromatic heterocycles. The Balaban J connectivity index is 1.39.